The maximum Gasteiger partial charge on any atom is 0.319 e. The molecular formula is C20H29N7O2. The van der Waals surface area contributed by atoms with Crippen LogP contribution in [0.5, 0.6) is 0 Å². The van der Waals surface area contributed by atoms with E-state index in [0.717, 1.165) is 37.4 Å². The fraction of sp³-hybridized carbons (Fsp3) is 0.600. The van der Waals surface area contributed by atoms with Gasteiger partial charge in [-0.15, -0.1) is 10.2 Å². The van der Waals surface area contributed by atoms with E-state index in [0.29, 0.717) is 24.7 Å². The summed E-state index contributed by atoms with van der Waals surface area (Å²) in [6, 6.07) is 4.10. The Kier molecular flexibility index (Phi) is 5.16. The number of likely N-dealkylation sites (N-methyl/N-ethyl adjacent to an activating group) is 1. The van der Waals surface area contributed by atoms with Crippen LogP contribution in [-0.4, -0.2) is 107 Å². The number of carbonyl (C=O) groups excluding carboxylic acids is 2. The van der Waals surface area contributed by atoms with Crippen molar-refractivity contribution in [1.82, 2.24) is 34.2 Å². The van der Waals surface area contributed by atoms with E-state index in [1.807, 2.05) is 32.5 Å². The van der Waals surface area contributed by atoms with Gasteiger partial charge in [-0.1, -0.05) is 0 Å². The molecule has 0 unspecified atom stereocenters. The van der Waals surface area contributed by atoms with Gasteiger partial charge in [0.05, 0.1) is 5.56 Å². The molecule has 2 aliphatic rings. The first kappa shape index (κ1) is 19.6. The Labute approximate surface area is 170 Å². The summed E-state index contributed by atoms with van der Waals surface area (Å²) < 4.78 is 1.92. The number of hydrogen-bond donors (Lipinski definition) is 0. The van der Waals surface area contributed by atoms with Gasteiger partial charge >= 0.3 is 6.03 Å². The van der Waals surface area contributed by atoms with E-state index in [1.165, 1.54) is 0 Å². The number of carbonyl (C=O) groups is 2. The van der Waals surface area contributed by atoms with Gasteiger partial charge in [-0.25, -0.2) is 4.79 Å². The van der Waals surface area contributed by atoms with Crippen LogP contribution >= 0.6 is 0 Å². The Morgan fingerprint density at radius 3 is 2.45 bits per heavy atom. The van der Waals surface area contributed by atoms with Crippen molar-refractivity contribution in [3.05, 3.63) is 29.7 Å². The lowest BCUT2D eigenvalue weighted by molar-refractivity contribution is 0.0782. The molecule has 0 spiro atoms. The molecule has 4 rings (SSSR count). The molecule has 0 bridgehead atoms. The summed E-state index contributed by atoms with van der Waals surface area (Å²) in [4.78, 5) is 32.8. The van der Waals surface area contributed by atoms with Gasteiger partial charge in [-0.05, 0) is 39.1 Å². The summed E-state index contributed by atoms with van der Waals surface area (Å²) in [6.07, 6.45) is 3.69. The number of fused-ring (bicyclic) bond motifs is 1. The molecule has 0 saturated carbocycles. The van der Waals surface area contributed by atoms with E-state index in [1.54, 1.807) is 19.0 Å². The summed E-state index contributed by atoms with van der Waals surface area (Å²) in [5, 5.41) is 8.65. The predicted octanol–water partition coefficient (Wildman–Crippen LogP) is 0.976. The van der Waals surface area contributed by atoms with Crippen LogP contribution in [0.25, 0.3) is 5.65 Å². The van der Waals surface area contributed by atoms with Gasteiger partial charge in [0.1, 0.15) is 5.82 Å². The maximum atomic E-state index is 13.0. The third-order valence-electron chi connectivity index (χ3n) is 6.06. The molecular weight excluding hydrogens is 370 g/mol. The number of nitrogens with zero attached hydrogens (tertiary/aromatic N) is 7. The zero-order valence-corrected chi connectivity index (χ0v) is 17.6. The van der Waals surface area contributed by atoms with E-state index in [-0.39, 0.29) is 17.9 Å². The van der Waals surface area contributed by atoms with E-state index < -0.39 is 0 Å². The Hall–Kier alpha value is -2.68. The fourth-order valence-corrected chi connectivity index (χ4v) is 4.27. The van der Waals surface area contributed by atoms with Gasteiger partial charge in [0, 0.05) is 58.4 Å². The van der Waals surface area contributed by atoms with E-state index in [2.05, 4.69) is 29.2 Å². The van der Waals surface area contributed by atoms with Crippen molar-refractivity contribution in [3.63, 3.8) is 0 Å². The van der Waals surface area contributed by atoms with Gasteiger partial charge in [-0.2, -0.15) is 0 Å². The van der Waals surface area contributed by atoms with Crippen molar-refractivity contribution in [2.24, 2.45) is 0 Å². The standard InChI is InChI=1S/C20H29N7O2/c1-23(2)16-8-10-25(13-16)19(28)15-5-6-17-21-22-18(27(17)12-15)14-7-9-26(11-14)20(29)24(3)4/h5-6,12,14,16H,7-11,13H2,1-4H3/t14-,16-/m1/s1. The van der Waals surface area contributed by atoms with Crippen LogP contribution < -0.4 is 0 Å². The zero-order chi connectivity index (χ0) is 20.7. The number of amides is 3. The molecule has 2 saturated heterocycles. The summed E-state index contributed by atoms with van der Waals surface area (Å²) in [7, 11) is 7.64. The second-order valence-electron chi connectivity index (χ2n) is 8.47. The molecule has 2 atom stereocenters. The third kappa shape index (κ3) is 3.66. The van der Waals surface area contributed by atoms with Crippen LogP contribution in [0.1, 0.15) is 34.9 Å². The van der Waals surface area contributed by atoms with Gasteiger partial charge in [0.25, 0.3) is 5.91 Å². The lowest BCUT2D eigenvalue weighted by atomic mass is 10.1. The molecule has 2 aromatic heterocycles. The summed E-state index contributed by atoms with van der Waals surface area (Å²) in [5.41, 5.74) is 1.37. The fourth-order valence-electron chi connectivity index (χ4n) is 4.27. The van der Waals surface area contributed by atoms with Crippen LogP contribution in [0.15, 0.2) is 18.3 Å². The smallest absolute Gasteiger partial charge is 0.319 e. The van der Waals surface area contributed by atoms with Crippen LogP contribution in [0.4, 0.5) is 4.79 Å². The molecule has 0 N–H and O–H groups in total. The Morgan fingerprint density at radius 2 is 1.76 bits per heavy atom. The minimum Gasteiger partial charge on any atom is -0.337 e. The highest BCUT2D eigenvalue weighted by molar-refractivity contribution is 5.94. The first-order valence-electron chi connectivity index (χ1n) is 10.1. The van der Waals surface area contributed by atoms with Gasteiger partial charge in [0.15, 0.2) is 5.65 Å². The predicted molar refractivity (Wildman–Crippen MR) is 109 cm³/mol. The number of pyridine rings is 1. The van der Waals surface area contributed by atoms with Crippen molar-refractivity contribution in [2.45, 2.75) is 24.8 Å². The molecule has 2 aliphatic heterocycles. The van der Waals surface area contributed by atoms with E-state index in [9.17, 15) is 9.59 Å². The number of hydrogen-bond acceptors (Lipinski definition) is 5. The highest BCUT2D eigenvalue weighted by Gasteiger charge is 2.32. The second-order valence-corrected chi connectivity index (χ2v) is 8.47. The molecule has 9 nitrogen and oxygen atoms in total. The topological polar surface area (TPSA) is 77.3 Å². The molecule has 0 radical (unpaired) electrons. The van der Waals surface area contributed by atoms with Crippen molar-refractivity contribution in [1.29, 1.82) is 0 Å². The van der Waals surface area contributed by atoms with Crippen molar-refractivity contribution >= 4 is 17.6 Å². The quantitative estimate of drug-likeness (QED) is 0.769. The Morgan fingerprint density at radius 1 is 1.00 bits per heavy atom. The highest BCUT2D eigenvalue weighted by atomic mass is 16.2. The maximum absolute atomic E-state index is 13.0. The molecule has 29 heavy (non-hydrogen) atoms. The van der Waals surface area contributed by atoms with Crippen molar-refractivity contribution in [2.75, 3.05) is 54.4 Å². The first-order valence-corrected chi connectivity index (χ1v) is 10.1. The second kappa shape index (κ2) is 7.62. The van der Waals surface area contributed by atoms with Crippen LogP contribution in [-0.2, 0) is 0 Å². The molecule has 9 heteroatoms. The van der Waals surface area contributed by atoms with Crippen molar-refractivity contribution in [3.8, 4) is 0 Å². The van der Waals surface area contributed by atoms with Gasteiger partial charge in [-0.3, -0.25) is 9.20 Å². The normalized spacial score (nSPS) is 22.1. The zero-order valence-electron chi connectivity index (χ0n) is 17.6. The lowest BCUT2D eigenvalue weighted by Gasteiger charge is -2.21. The molecule has 4 heterocycles. The summed E-state index contributed by atoms with van der Waals surface area (Å²) in [6.45, 7) is 2.85. The third-order valence-corrected chi connectivity index (χ3v) is 6.06. The highest BCUT2D eigenvalue weighted by Crippen LogP contribution is 2.27. The minimum atomic E-state index is 0.0154. The average Bonchev–Trinajstić information content (AvgIpc) is 3.44. The van der Waals surface area contributed by atoms with E-state index >= 15 is 0 Å². The molecule has 3 amide bonds. The van der Waals surface area contributed by atoms with Gasteiger partial charge in [0.2, 0.25) is 0 Å². The Bertz CT molecular complexity index is 923. The van der Waals surface area contributed by atoms with Crippen molar-refractivity contribution < 1.29 is 9.59 Å². The Balaban J connectivity index is 1.54. The number of urea groups is 1. The van der Waals surface area contributed by atoms with Crippen LogP contribution in [0.2, 0.25) is 0 Å². The number of likely N-dealkylation sites (tertiary alicyclic amines) is 2. The largest absolute Gasteiger partial charge is 0.337 e. The van der Waals surface area contributed by atoms with Gasteiger partial charge < -0.3 is 19.6 Å². The average molecular weight is 399 g/mol. The molecule has 0 aromatic carbocycles. The first-order chi connectivity index (χ1) is 13.8. The summed E-state index contributed by atoms with van der Waals surface area (Å²) in [5.74, 6) is 0.979. The summed E-state index contributed by atoms with van der Waals surface area (Å²) >= 11 is 0. The number of rotatable bonds is 3. The van der Waals surface area contributed by atoms with Crippen LogP contribution in [0, 0.1) is 0 Å². The molecule has 156 valence electrons. The van der Waals surface area contributed by atoms with Crippen LogP contribution in [0.3, 0.4) is 0 Å². The molecule has 2 fully saturated rings. The lowest BCUT2D eigenvalue weighted by Crippen LogP contribution is -2.37. The SMILES string of the molecule is CN(C)C(=O)N1CC[C@@H](c2nnc3ccc(C(=O)N4CC[C@@H](N(C)C)C4)cn23)C1. The number of aromatic nitrogens is 3. The van der Waals surface area contributed by atoms with E-state index in [4.69, 9.17) is 0 Å². The molecule has 2 aromatic rings. The molecule has 0 aliphatic carbocycles. The monoisotopic (exact) mass is 399 g/mol. The minimum absolute atomic E-state index is 0.0154.